The van der Waals surface area contributed by atoms with Gasteiger partial charge >= 0.3 is 0 Å². The number of rotatable bonds is 3. The first-order chi connectivity index (χ1) is 7.72. The molecule has 0 saturated heterocycles. The minimum atomic E-state index is 0.968. The van der Waals surface area contributed by atoms with Crippen molar-refractivity contribution >= 4 is 0 Å². The van der Waals surface area contributed by atoms with E-state index in [2.05, 4.69) is 25.8 Å². The molecule has 0 radical (unpaired) electrons. The van der Waals surface area contributed by atoms with Crippen molar-refractivity contribution in [2.75, 3.05) is 20.1 Å². The second-order valence-electron chi connectivity index (χ2n) is 5.89. The van der Waals surface area contributed by atoms with Crippen LogP contribution in [0.15, 0.2) is 0 Å². The molecule has 1 aliphatic rings. The minimum Gasteiger partial charge on any atom is -0.306 e. The molecule has 0 aromatic rings. The van der Waals surface area contributed by atoms with E-state index >= 15 is 0 Å². The Labute approximate surface area is 103 Å². The molecule has 0 amide bonds. The Morgan fingerprint density at radius 1 is 0.938 bits per heavy atom. The van der Waals surface area contributed by atoms with Crippen molar-refractivity contribution in [2.24, 2.45) is 11.8 Å². The van der Waals surface area contributed by atoms with Gasteiger partial charge in [0, 0.05) is 6.54 Å². The van der Waals surface area contributed by atoms with Crippen molar-refractivity contribution in [3.8, 4) is 0 Å². The summed E-state index contributed by atoms with van der Waals surface area (Å²) in [4.78, 5) is 2.49. The summed E-state index contributed by atoms with van der Waals surface area (Å²) in [6.45, 7) is 7.23. The van der Waals surface area contributed by atoms with Crippen LogP contribution in [0.25, 0.3) is 0 Å². The second-order valence-corrected chi connectivity index (χ2v) is 5.89. The smallest absolute Gasteiger partial charge is 0.000649 e. The van der Waals surface area contributed by atoms with E-state index in [0.717, 1.165) is 11.8 Å². The lowest BCUT2D eigenvalue weighted by Crippen LogP contribution is -2.25. The SMILES string of the molecule is CCN(C)CC1CCCCCC(C)CCC1. The summed E-state index contributed by atoms with van der Waals surface area (Å²) in [6, 6.07) is 0. The van der Waals surface area contributed by atoms with Crippen LogP contribution >= 0.6 is 0 Å². The lowest BCUT2D eigenvalue weighted by Gasteiger charge is -2.24. The van der Waals surface area contributed by atoms with Crippen LogP contribution in [0.3, 0.4) is 0 Å². The predicted octanol–water partition coefficient (Wildman–Crippen LogP) is 4.32. The maximum absolute atomic E-state index is 2.49. The van der Waals surface area contributed by atoms with Crippen LogP contribution < -0.4 is 0 Å². The normalized spacial score (nSPS) is 29.2. The van der Waals surface area contributed by atoms with Crippen LogP contribution in [0.1, 0.15) is 65.2 Å². The third-order valence-corrected chi connectivity index (χ3v) is 4.23. The molecule has 1 nitrogen and oxygen atoms in total. The molecule has 0 N–H and O–H groups in total. The molecule has 2 unspecified atom stereocenters. The molecule has 0 spiro atoms. The van der Waals surface area contributed by atoms with Gasteiger partial charge in [0.15, 0.2) is 0 Å². The van der Waals surface area contributed by atoms with E-state index in [-0.39, 0.29) is 0 Å². The monoisotopic (exact) mass is 225 g/mol. The molecule has 2 atom stereocenters. The van der Waals surface area contributed by atoms with Gasteiger partial charge in [-0.2, -0.15) is 0 Å². The largest absolute Gasteiger partial charge is 0.306 e. The highest BCUT2D eigenvalue weighted by atomic mass is 15.1. The van der Waals surface area contributed by atoms with Crippen molar-refractivity contribution in [3.63, 3.8) is 0 Å². The van der Waals surface area contributed by atoms with Gasteiger partial charge < -0.3 is 4.90 Å². The van der Waals surface area contributed by atoms with Crippen LogP contribution in [0, 0.1) is 11.8 Å². The van der Waals surface area contributed by atoms with Crippen LogP contribution in [0.5, 0.6) is 0 Å². The topological polar surface area (TPSA) is 3.24 Å². The van der Waals surface area contributed by atoms with Crippen LogP contribution in [-0.2, 0) is 0 Å². The Morgan fingerprint density at radius 3 is 2.31 bits per heavy atom. The molecule has 0 aromatic heterocycles. The third kappa shape index (κ3) is 5.89. The van der Waals surface area contributed by atoms with E-state index in [0.29, 0.717) is 0 Å². The fraction of sp³-hybridized carbons (Fsp3) is 1.00. The van der Waals surface area contributed by atoms with Gasteiger partial charge in [0.1, 0.15) is 0 Å². The summed E-state index contributed by atoms with van der Waals surface area (Å²) in [5.41, 5.74) is 0. The first-order valence-corrected chi connectivity index (χ1v) is 7.41. The zero-order chi connectivity index (χ0) is 11.8. The van der Waals surface area contributed by atoms with E-state index in [9.17, 15) is 0 Å². The first kappa shape index (κ1) is 14.0. The molecular weight excluding hydrogens is 194 g/mol. The molecule has 96 valence electrons. The summed E-state index contributed by atoms with van der Waals surface area (Å²) in [7, 11) is 2.27. The molecule has 1 rings (SSSR count). The van der Waals surface area contributed by atoms with Gasteiger partial charge in [-0.1, -0.05) is 52.4 Å². The summed E-state index contributed by atoms with van der Waals surface area (Å²) in [6.07, 6.45) is 11.7. The molecule has 1 fully saturated rings. The Morgan fingerprint density at radius 2 is 1.56 bits per heavy atom. The van der Waals surface area contributed by atoms with Gasteiger partial charge in [-0.25, -0.2) is 0 Å². The van der Waals surface area contributed by atoms with E-state index in [4.69, 9.17) is 0 Å². The van der Waals surface area contributed by atoms with Crippen LogP contribution in [0.4, 0.5) is 0 Å². The zero-order valence-electron chi connectivity index (χ0n) is 11.7. The molecular formula is C15H31N. The summed E-state index contributed by atoms with van der Waals surface area (Å²) in [5, 5.41) is 0. The average molecular weight is 225 g/mol. The molecule has 0 bridgehead atoms. The maximum atomic E-state index is 2.49. The number of nitrogens with zero attached hydrogens (tertiary/aromatic N) is 1. The molecule has 1 aliphatic carbocycles. The van der Waals surface area contributed by atoms with Crippen LogP contribution in [0.2, 0.25) is 0 Å². The van der Waals surface area contributed by atoms with Gasteiger partial charge in [0.05, 0.1) is 0 Å². The van der Waals surface area contributed by atoms with Crippen molar-refractivity contribution < 1.29 is 0 Å². The highest BCUT2D eigenvalue weighted by Crippen LogP contribution is 2.24. The maximum Gasteiger partial charge on any atom is 0.000649 e. The first-order valence-electron chi connectivity index (χ1n) is 7.41. The van der Waals surface area contributed by atoms with Gasteiger partial charge in [-0.15, -0.1) is 0 Å². The highest BCUT2D eigenvalue weighted by Gasteiger charge is 2.13. The Bertz CT molecular complexity index is 167. The predicted molar refractivity (Wildman–Crippen MR) is 72.8 cm³/mol. The van der Waals surface area contributed by atoms with Gasteiger partial charge in [-0.3, -0.25) is 0 Å². The molecule has 0 aromatic carbocycles. The molecule has 0 heterocycles. The zero-order valence-corrected chi connectivity index (χ0v) is 11.7. The van der Waals surface area contributed by atoms with Gasteiger partial charge in [0.2, 0.25) is 0 Å². The molecule has 16 heavy (non-hydrogen) atoms. The molecule has 1 saturated carbocycles. The highest BCUT2D eigenvalue weighted by molar-refractivity contribution is 4.67. The van der Waals surface area contributed by atoms with E-state index < -0.39 is 0 Å². The van der Waals surface area contributed by atoms with Crippen molar-refractivity contribution in [1.29, 1.82) is 0 Å². The van der Waals surface area contributed by atoms with Gasteiger partial charge in [-0.05, 0) is 38.3 Å². The van der Waals surface area contributed by atoms with Crippen molar-refractivity contribution in [1.82, 2.24) is 4.90 Å². The number of hydrogen-bond donors (Lipinski definition) is 0. The summed E-state index contributed by atoms with van der Waals surface area (Å²) in [5.74, 6) is 1.94. The molecule has 0 aliphatic heterocycles. The van der Waals surface area contributed by atoms with Gasteiger partial charge in [0.25, 0.3) is 0 Å². The standard InChI is InChI=1S/C15H31N/c1-4-16(3)13-15-11-7-5-6-9-14(2)10-8-12-15/h14-15H,4-13H2,1-3H3. The molecule has 1 heteroatoms. The Kier molecular flexibility index (Phi) is 7.11. The third-order valence-electron chi connectivity index (χ3n) is 4.23. The second kappa shape index (κ2) is 8.11. The van der Waals surface area contributed by atoms with Crippen LogP contribution in [-0.4, -0.2) is 25.0 Å². The lowest BCUT2D eigenvalue weighted by molar-refractivity contribution is 0.250. The fourth-order valence-electron chi connectivity index (χ4n) is 2.90. The number of hydrogen-bond acceptors (Lipinski definition) is 1. The van der Waals surface area contributed by atoms with E-state index in [1.165, 1.54) is 64.5 Å². The lowest BCUT2D eigenvalue weighted by atomic mass is 9.88. The minimum absolute atomic E-state index is 0.968. The summed E-state index contributed by atoms with van der Waals surface area (Å²) >= 11 is 0. The average Bonchev–Trinajstić information content (AvgIpc) is 2.28. The van der Waals surface area contributed by atoms with E-state index in [1.54, 1.807) is 0 Å². The van der Waals surface area contributed by atoms with Crippen molar-refractivity contribution in [3.05, 3.63) is 0 Å². The Balaban J connectivity index is 2.31. The van der Waals surface area contributed by atoms with E-state index in [1.807, 2.05) is 0 Å². The van der Waals surface area contributed by atoms with Crippen molar-refractivity contribution in [2.45, 2.75) is 65.2 Å². The fourth-order valence-corrected chi connectivity index (χ4v) is 2.90. The summed E-state index contributed by atoms with van der Waals surface area (Å²) < 4.78 is 0. The Hall–Kier alpha value is -0.0400. The quantitative estimate of drug-likeness (QED) is 0.691.